The zero-order valence-electron chi connectivity index (χ0n) is 10.4. The molecular formula is C15H12N4. The van der Waals surface area contributed by atoms with E-state index in [9.17, 15) is 0 Å². The molecule has 3 aromatic rings. The fraction of sp³-hybridized carbons (Fsp3) is 0.0667. The molecule has 19 heavy (non-hydrogen) atoms. The summed E-state index contributed by atoms with van der Waals surface area (Å²) in [5, 5.41) is 11.9. The topological polar surface area (TPSA) is 64.5 Å². The zero-order valence-corrected chi connectivity index (χ0v) is 10.4. The minimum absolute atomic E-state index is 0.644. The van der Waals surface area contributed by atoms with E-state index in [1.807, 2.05) is 31.2 Å². The lowest BCUT2D eigenvalue weighted by Crippen LogP contribution is -1.91. The SMILES string of the molecule is Cc1ccc2nc(Nc3ccc(C#N)cc3)[nH]c2c1. The molecule has 0 atom stereocenters. The first kappa shape index (κ1) is 11.3. The number of nitrogens with one attached hydrogen (secondary N) is 2. The smallest absolute Gasteiger partial charge is 0.205 e. The van der Waals surface area contributed by atoms with E-state index in [1.54, 1.807) is 12.1 Å². The summed E-state index contributed by atoms with van der Waals surface area (Å²) in [5.41, 5.74) is 4.68. The molecular weight excluding hydrogens is 236 g/mol. The quantitative estimate of drug-likeness (QED) is 0.729. The third kappa shape index (κ3) is 2.26. The molecule has 3 rings (SSSR count). The monoisotopic (exact) mass is 248 g/mol. The van der Waals surface area contributed by atoms with E-state index in [0.717, 1.165) is 16.7 Å². The molecule has 0 bridgehead atoms. The van der Waals surface area contributed by atoms with Gasteiger partial charge in [-0.25, -0.2) is 4.98 Å². The number of nitrogens with zero attached hydrogens (tertiary/aromatic N) is 2. The zero-order chi connectivity index (χ0) is 13.2. The summed E-state index contributed by atoms with van der Waals surface area (Å²) in [6.07, 6.45) is 0. The van der Waals surface area contributed by atoms with Gasteiger partial charge in [-0.15, -0.1) is 0 Å². The number of hydrogen-bond donors (Lipinski definition) is 2. The number of nitriles is 1. The molecule has 92 valence electrons. The summed E-state index contributed by atoms with van der Waals surface area (Å²) in [6.45, 7) is 2.05. The van der Waals surface area contributed by atoms with Crippen molar-refractivity contribution in [3.05, 3.63) is 53.6 Å². The van der Waals surface area contributed by atoms with E-state index < -0.39 is 0 Å². The van der Waals surface area contributed by atoms with Gasteiger partial charge < -0.3 is 10.3 Å². The number of rotatable bonds is 2. The Labute approximate surface area is 110 Å². The van der Waals surface area contributed by atoms with E-state index in [4.69, 9.17) is 5.26 Å². The van der Waals surface area contributed by atoms with Crippen molar-refractivity contribution in [3.63, 3.8) is 0 Å². The highest BCUT2D eigenvalue weighted by molar-refractivity contribution is 5.79. The first-order valence-electron chi connectivity index (χ1n) is 5.98. The second-order valence-corrected chi connectivity index (χ2v) is 4.42. The summed E-state index contributed by atoms with van der Waals surface area (Å²) in [7, 11) is 0. The van der Waals surface area contributed by atoms with Gasteiger partial charge in [-0.05, 0) is 48.9 Å². The number of aromatic nitrogens is 2. The van der Waals surface area contributed by atoms with Crippen molar-refractivity contribution >= 4 is 22.7 Å². The van der Waals surface area contributed by atoms with Crippen LogP contribution in [0.2, 0.25) is 0 Å². The summed E-state index contributed by atoms with van der Waals surface area (Å²) in [5.74, 6) is 0.699. The Kier molecular flexibility index (Phi) is 2.66. The first-order valence-corrected chi connectivity index (χ1v) is 5.98. The number of anilines is 2. The number of imidazole rings is 1. The van der Waals surface area contributed by atoms with Crippen LogP contribution in [0.3, 0.4) is 0 Å². The highest BCUT2D eigenvalue weighted by Crippen LogP contribution is 2.19. The normalized spacial score (nSPS) is 10.3. The molecule has 0 saturated heterocycles. The molecule has 0 aliphatic rings. The fourth-order valence-corrected chi connectivity index (χ4v) is 1.95. The van der Waals surface area contributed by atoms with Crippen LogP contribution < -0.4 is 5.32 Å². The van der Waals surface area contributed by atoms with E-state index in [-0.39, 0.29) is 0 Å². The molecule has 0 amide bonds. The van der Waals surface area contributed by atoms with Crippen LogP contribution in [0.1, 0.15) is 11.1 Å². The molecule has 1 heterocycles. The maximum Gasteiger partial charge on any atom is 0.205 e. The summed E-state index contributed by atoms with van der Waals surface area (Å²) >= 11 is 0. The van der Waals surface area contributed by atoms with Crippen LogP contribution in [0.15, 0.2) is 42.5 Å². The van der Waals surface area contributed by atoms with Gasteiger partial charge in [-0.3, -0.25) is 0 Å². The van der Waals surface area contributed by atoms with Crippen LogP contribution in [0.4, 0.5) is 11.6 Å². The second kappa shape index (κ2) is 4.46. The number of hydrogen-bond acceptors (Lipinski definition) is 3. The van der Waals surface area contributed by atoms with Crippen molar-refractivity contribution in [1.82, 2.24) is 9.97 Å². The summed E-state index contributed by atoms with van der Waals surface area (Å²) < 4.78 is 0. The predicted molar refractivity (Wildman–Crippen MR) is 75.3 cm³/mol. The number of benzene rings is 2. The Morgan fingerprint density at radius 1 is 1.16 bits per heavy atom. The molecule has 4 heteroatoms. The van der Waals surface area contributed by atoms with Gasteiger partial charge in [0.05, 0.1) is 22.7 Å². The number of fused-ring (bicyclic) bond motifs is 1. The molecule has 1 aromatic heterocycles. The highest BCUT2D eigenvalue weighted by Gasteiger charge is 2.03. The molecule has 0 aliphatic carbocycles. The van der Waals surface area contributed by atoms with E-state index >= 15 is 0 Å². The number of H-pyrrole nitrogens is 1. The van der Waals surface area contributed by atoms with E-state index in [1.165, 1.54) is 5.56 Å². The van der Waals surface area contributed by atoms with Crippen molar-refractivity contribution in [2.45, 2.75) is 6.92 Å². The highest BCUT2D eigenvalue weighted by atomic mass is 15.1. The van der Waals surface area contributed by atoms with Crippen molar-refractivity contribution in [2.75, 3.05) is 5.32 Å². The van der Waals surface area contributed by atoms with Gasteiger partial charge in [0.15, 0.2) is 0 Å². The van der Waals surface area contributed by atoms with Gasteiger partial charge >= 0.3 is 0 Å². The van der Waals surface area contributed by atoms with Crippen molar-refractivity contribution in [1.29, 1.82) is 5.26 Å². The maximum absolute atomic E-state index is 8.75. The van der Waals surface area contributed by atoms with Crippen LogP contribution in [0, 0.1) is 18.3 Å². The maximum atomic E-state index is 8.75. The number of aromatic amines is 1. The van der Waals surface area contributed by atoms with Gasteiger partial charge in [0.25, 0.3) is 0 Å². The van der Waals surface area contributed by atoms with Crippen LogP contribution in [0.25, 0.3) is 11.0 Å². The molecule has 0 fully saturated rings. The summed E-state index contributed by atoms with van der Waals surface area (Å²) in [6, 6.07) is 15.4. The molecule has 2 N–H and O–H groups in total. The average Bonchev–Trinajstić information content (AvgIpc) is 2.81. The van der Waals surface area contributed by atoms with Crippen molar-refractivity contribution < 1.29 is 0 Å². The third-order valence-electron chi connectivity index (χ3n) is 2.91. The summed E-state index contributed by atoms with van der Waals surface area (Å²) in [4.78, 5) is 7.69. The van der Waals surface area contributed by atoms with Crippen LogP contribution in [0.5, 0.6) is 0 Å². The van der Waals surface area contributed by atoms with Crippen molar-refractivity contribution in [3.8, 4) is 6.07 Å². The van der Waals surface area contributed by atoms with Crippen LogP contribution in [-0.4, -0.2) is 9.97 Å². The molecule has 2 aromatic carbocycles. The molecule has 0 aliphatic heterocycles. The molecule has 4 nitrogen and oxygen atoms in total. The van der Waals surface area contributed by atoms with Gasteiger partial charge in [-0.1, -0.05) is 6.07 Å². The van der Waals surface area contributed by atoms with Crippen LogP contribution in [-0.2, 0) is 0 Å². The van der Waals surface area contributed by atoms with Gasteiger partial charge in [0.2, 0.25) is 5.95 Å². The lowest BCUT2D eigenvalue weighted by Gasteiger charge is -2.01. The first-order chi connectivity index (χ1) is 9.24. The van der Waals surface area contributed by atoms with E-state index in [0.29, 0.717) is 11.5 Å². The second-order valence-electron chi connectivity index (χ2n) is 4.42. The van der Waals surface area contributed by atoms with Gasteiger partial charge in [0.1, 0.15) is 0 Å². The Morgan fingerprint density at radius 3 is 2.68 bits per heavy atom. The van der Waals surface area contributed by atoms with Gasteiger partial charge in [0, 0.05) is 5.69 Å². The Hall–Kier alpha value is -2.80. The molecule has 0 radical (unpaired) electrons. The fourth-order valence-electron chi connectivity index (χ4n) is 1.95. The van der Waals surface area contributed by atoms with E-state index in [2.05, 4.69) is 27.4 Å². The lowest BCUT2D eigenvalue weighted by molar-refractivity contribution is 1.31. The Bertz CT molecular complexity index is 763. The molecule has 0 spiro atoms. The lowest BCUT2D eigenvalue weighted by atomic mass is 10.2. The Balaban J connectivity index is 1.90. The van der Waals surface area contributed by atoms with Crippen molar-refractivity contribution in [2.24, 2.45) is 0 Å². The number of aryl methyl sites for hydroxylation is 1. The Morgan fingerprint density at radius 2 is 1.95 bits per heavy atom. The van der Waals surface area contributed by atoms with Gasteiger partial charge in [-0.2, -0.15) is 5.26 Å². The van der Waals surface area contributed by atoms with Crippen LogP contribution >= 0.6 is 0 Å². The molecule has 0 unspecified atom stereocenters. The minimum Gasteiger partial charge on any atom is -0.326 e. The molecule has 0 saturated carbocycles. The average molecular weight is 248 g/mol. The minimum atomic E-state index is 0.644. The third-order valence-corrected chi connectivity index (χ3v) is 2.91. The predicted octanol–water partition coefficient (Wildman–Crippen LogP) is 3.49. The standard InChI is InChI=1S/C15H12N4/c1-10-2-7-13-14(8-10)19-15(18-13)17-12-5-3-11(9-16)4-6-12/h2-8H,1H3,(H2,17,18,19). The largest absolute Gasteiger partial charge is 0.326 e.